The monoisotopic (exact) mass is 228 g/mol. The van der Waals surface area contributed by atoms with Gasteiger partial charge in [-0.3, -0.25) is 0 Å². The molecule has 1 amide bonds. The van der Waals surface area contributed by atoms with Crippen LogP contribution in [0, 0.1) is 5.41 Å². The molecule has 0 aromatic carbocycles. The molecule has 1 heterocycles. The smallest absolute Gasteiger partial charge is 0.407 e. The highest BCUT2D eigenvalue weighted by atomic mass is 16.6. The first-order valence-corrected chi connectivity index (χ1v) is 5.88. The number of hydrogen-bond donors (Lipinski definition) is 2. The van der Waals surface area contributed by atoms with E-state index in [0.717, 1.165) is 19.5 Å². The summed E-state index contributed by atoms with van der Waals surface area (Å²) in [6.07, 6.45) is 0.663. The predicted octanol–water partition coefficient (Wildman–Crippen LogP) is 1.90. The molecule has 0 bridgehead atoms. The van der Waals surface area contributed by atoms with Gasteiger partial charge in [-0.15, -0.1) is 0 Å². The summed E-state index contributed by atoms with van der Waals surface area (Å²) in [5.74, 6) is 0. The van der Waals surface area contributed by atoms with Gasteiger partial charge in [-0.1, -0.05) is 13.8 Å². The van der Waals surface area contributed by atoms with E-state index in [1.165, 1.54) is 0 Å². The highest BCUT2D eigenvalue weighted by Crippen LogP contribution is 2.24. The van der Waals surface area contributed by atoms with Gasteiger partial charge in [-0.05, 0) is 32.6 Å². The minimum atomic E-state index is -0.429. The lowest BCUT2D eigenvalue weighted by Gasteiger charge is -2.36. The van der Waals surface area contributed by atoms with E-state index in [9.17, 15) is 4.79 Å². The van der Waals surface area contributed by atoms with Crippen LogP contribution in [0.1, 0.15) is 41.0 Å². The summed E-state index contributed by atoms with van der Waals surface area (Å²) in [7, 11) is 0. The number of ether oxygens (including phenoxy) is 1. The minimum absolute atomic E-state index is 0.165. The number of rotatable bonds is 1. The average Bonchev–Trinajstić information content (AvgIpc) is 1.96. The summed E-state index contributed by atoms with van der Waals surface area (Å²) in [6, 6.07) is 0.165. The number of alkyl carbamates (subject to hydrolysis) is 1. The van der Waals surface area contributed by atoms with Crippen molar-refractivity contribution < 1.29 is 9.53 Å². The predicted molar refractivity (Wildman–Crippen MR) is 64.4 cm³/mol. The van der Waals surface area contributed by atoms with E-state index in [-0.39, 0.29) is 17.6 Å². The molecule has 16 heavy (non-hydrogen) atoms. The van der Waals surface area contributed by atoms with Crippen molar-refractivity contribution >= 4 is 6.09 Å². The molecular weight excluding hydrogens is 204 g/mol. The van der Waals surface area contributed by atoms with Crippen LogP contribution in [0.3, 0.4) is 0 Å². The first-order valence-electron chi connectivity index (χ1n) is 5.88. The zero-order chi connectivity index (χ0) is 12.4. The molecule has 1 aliphatic rings. The van der Waals surface area contributed by atoms with E-state index < -0.39 is 5.60 Å². The van der Waals surface area contributed by atoms with E-state index >= 15 is 0 Å². The maximum atomic E-state index is 11.6. The Morgan fingerprint density at radius 1 is 1.44 bits per heavy atom. The number of amides is 1. The van der Waals surface area contributed by atoms with Gasteiger partial charge in [-0.25, -0.2) is 4.79 Å². The Morgan fingerprint density at radius 3 is 2.56 bits per heavy atom. The van der Waals surface area contributed by atoms with Gasteiger partial charge in [0.1, 0.15) is 5.60 Å². The summed E-state index contributed by atoms with van der Waals surface area (Å²) >= 11 is 0. The molecule has 1 fully saturated rings. The van der Waals surface area contributed by atoms with Crippen molar-refractivity contribution in [3.63, 3.8) is 0 Å². The summed E-state index contributed by atoms with van der Waals surface area (Å²) in [6.45, 7) is 11.8. The third kappa shape index (κ3) is 4.84. The Morgan fingerprint density at radius 2 is 2.06 bits per heavy atom. The van der Waals surface area contributed by atoms with Crippen LogP contribution in [0.25, 0.3) is 0 Å². The van der Waals surface area contributed by atoms with Crippen LogP contribution in [0.15, 0.2) is 0 Å². The zero-order valence-corrected chi connectivity index (χ0v) is 11.0. The van der Waals surface area contributed by atoms with Crippen LogP contribution in [-0.2, 0) is 4.74 Å². The molecule has 4 heteroatoms. The molecule has 4 nitrogen and oxygen atoms in total. The van der Waals surface area contributed by atoms with E-state index in [1.807, 2.05) is 20.8 Å². The molecule has 0 aromatic heterocycles. The summed E-state index contributed by atoms with van der Waals surface area (Å²) < 4.78 is 5.23. The molecule has 0 unspecified atom stereocenters. The third-order valence-corrected chi connectivity index (χ3v) is 2.51. The highest BCUT2D eigenvalue weighted by molar-refractivity contribution is 5.68. The van der Waals surface area contributed by atoms with Gasteiger partial charge in [0.25, 0.3) is 0 Å². The molecule has 1 rings (SSSR count). The minimum Gasteiger partial charge on any atom is -0.444 e. The molecule has 0 aliphatic carbocycles. The van der Waals surface area contributed by atoms with Crippen molar-refractivity contribution in [2.75, 3.05) is 13.1 Å². The molecule has 0 spiro atoms. The summed E-state index contributed by atoms with van der Waals surface area (Å²) in [5, 5.41) is 6.23. The molecule has 94 valence electrons. The number of carbonyl (C=O) groups is 1. The van der Waals surface area contributed by atoms with Gasteiger partial charge in [-0.2, -0.15) is 0 Å². The molecule has 0 saturated carbocycles. The number of piperidine rings is 1. The second kappa shape index (κ2) is 4.62. The fraction of sp³-hybridized carbons (Fsp3) is 0.917. The van der Waals surface area contributed by atoms with E-state index in [1.54, 1.807) is 0 Å². The van der Waals surface area contributed by atoms with E-state index in [2.05, 4.69) is 24.5 Å². The maximum Gasteiger partial charge on any atom is 0.407 e. The normalized spacial score (nSPS) is 24.9. The molecule has 1 aliphatic heterocycles. The van der Waals surface area contributed by atoms with Crippen molar-refractivity contribution in [3.05, 3.63) is 0 Å². The molecule has 0 aromatic rings. The largest absolute Gasteiger partial charge is 0.444 e. The van der Waals surface area contributed by atoms with Gasteiger partial charge < -0.3 is 15.4 Å². The van der Waals surface area contributed by atoms with Crippen LogP contribution >= 0.6 is 0 Å². The van der Waals surface area contributed by atoms with Crippen LogP contribution in [0.2, 0.25) is 0 Å². The fourth-order valence-corrected chi connectivity index (χ4v) is 1.97. The van der Waals surface area contributed by atoms with E-state index in [0.29, 0.717) is 0 Å². The van der Waals surface area contributed by atoms with E-state index in [4.69, 9.17) is 4.74 Å². The molecule has 0 radical (unpaired) electrons. The fourth-order valence-electron chi connectivity index (χ4n) is 1.97. The Labute approximate surface area is 98.1 Å². The van der Waals surface area contributed by atoms with Crippen molar-refractivity contribution in [3.8, 4) is 0 Å². The number of hydrogen-bond acceptors (Lipinski definition) is 3. The van der Waals surface area contributed by atoms with Crippen molar-refractivity contribution in [2.45, 2.75) is 52.7 Å². The zero-order valence-electron chi connectivity index (χ0n) is 11.0. The van der Waals surface area contributed by atoms with Crippen LogP contribution in [0.4, 0.5) is 4.79 Å². The molecule has 1 atom stereocenters. The number of carbonyl (C=O) groups excluding carboxylic acids is 1. The van der Waals surface area contributed by atoms with Gasteiger partial charge in [0.05, 0.1) is 0 Å². The SMILES string of the molecule is CC1(C)CNC[C@H](NC(=O)OC(C)(C)C)C1. The number of nitrogens with one attached hydrogen (secondary N) is 2. The van der Waals surface area contributed by atoms with Gasteiger partial charge in [0.2, 0.25) is 0 Å². The first kappa shape index (κ1) is 13.3. The van der Waals surface area contributed by atoms with Crippen LogP contribution in [0.5, 0.6) is 0 Å². The lowest BCUT2D eigenvalue weighted by atomic mass is 9.83. The van der Waals surface area contributed by atoms with Crippen LogP contribution < -0.4 is 10.6 Å². The molecule has 1 saturated heterocycles. The second-order valence-corrected chi connectivity index (χ2v) is 6.34. The van der Waals surface area contributed by atoms with Gasteiger partial charge >= 0.3 is 6.09 Å². The Balaban J connectivity index is 2.40. The quantitative estimate of drug-likeness (QED) is 0.720. The first-order chi connectivity index (χ1) is 7.18. The second-order valence-electron chi connectivity index (χ2n) is 6.34. The average molecular weight is 228 g/mol. The van der Waals surface area contributed by atoms with Crippen molar-refractivity contribution in [2.24, 2.45) is 5.41 Å². The summed E-state index contributed by atoms with van der Waals surface area (Å²) in [4.78, 5) is 11.6. The Hall–Kier alpha value is -0.770. The van der Waals surface area contributed by atoms with Gasteiger partial charge in [0, 0.05) is 19.1 Å². The Bertz CT molecular complexity index is 256. The molecular formula is C12H24N2O2. The van der Waals surface area contributed by atoms with Crippen molar-refractivity contribution in [1.29, 1.82) is 0 Å². The summed E-state index contributed by atoms with van der Waals surface area (Å²) in [5.41, 5.74) is -0.195. The van der Waals surface area contributed by atoms with Crippen LogP contribution in [-0.4, -0.2) is 30.8 Å². The standard InChI is InChI=1S/C12H24N2O2/c1-11(2,3)16-10(15)14-9-6-12(4,5)8-13-7-9/h9,13H,6-8H2,1-5H3,(H,14,15)/t9-/m1/s1. The topological polar surface area (TPSA) is 50.4 Å². The highest BCUT2D eigenvalue weighted by Gasteiger charge is 2.29. The Kier molecular flexibility index (Phi) is 3.84. The maximum absolute atomic E-state index is 11.6. The van der Waals surface area contributed by atoms with Gasteiger partial charge in [0.15, 0.2) is 0 Å². The third-order valence-electron chi connectivity index (χ3n) is 2.51. The van der Waals surface area contributed by atoms with Crippen molar-refractivity contribution in [1.82, 2.24) is 10.6 Å². The molecule has 2 N–H and O–H groups in total. The lowest BCUT2D eigenvalue weighted by Crippen LogP contribution is -2.52. The lowest BCUT2D eigenvalue weighted by molar-refractivity contribution is 0.0478.